The van der Waals surface area contributed by atoms with Crippen LogP contribution < -0.4 is 21.8 Å². The molecule has 3 amide bonds. The zero-order valence-electron chi connectivity index (χ0n) is 18.7. The average Bonchev–Trinajstić information content (AvgIpc) is 3.31. The Bertz CT molecular complexity index is 1310. The van der Waals surface area contributed by atoms with Gasteiger partial charge in [-0.15, -0.1) is 11.8 Å². The van der Waals surface area contributed by atoms with E-state index in [1.165, 1.54) is 25.8 Å². The minimum absolute atomic E-state index is 0.200. The van der Waals surface area contributed by atoms with Gasteiger partial charge in [0.05, 0.1) is 17.6 Å². The van der Waals surface area contributed by atoms with Crippen molar-refractivity contribution in [2.24, 2.45) is 5.73 Å². The zero-order chi connectivity index (χ0) is 24.2. The van der Waals surface area contributed by atoms with E-state index in [0.29, 0.717) is 38.8 Å². The molecule has 0 saturated heterocycles. The first kappa shape index (κ1) is 23.6. The van der Waals surface area contributed by atoms with Crippen LogP contribution in [0, 0.1) is 0 Å². The average molecular weight is 480 g/mol. The molecule has 0 atom stereocenters. The number of nitrogens with two attached hydrogens (primary N) is 1. The maximum Gasteiger partial charge on any atom is 0.251 e. The summed E-state index contributed by atoms with van der Waals surface area (Å²) in [6.45, 7) is 1.19. The minimum atomic E-state index is -0.630. The maximum absolute atomic E-state index is 12.9. The number of benzene rings is 2. The molecular weight excluding hydrogens is 454 g/mol. The number of hydrogen-bond donors (Lipinski definition) is 3. The highest BCUT2D eigenvalue weighted by molar-refractivity contribution is 8.00. The van der Waals surface area contributed by atoms with Gasteiger partial charge in [0.2, 0.25) is 11.8 Å². The third-order valence-corrected chi connectivity index (χ3v) is 6.99. The van der Waals surface area contributed by atoms with Gasteiger partial charge in [-0.25, -0.2) is 0 Å². The number of anilines is 1. The number of carbonyl (C=O) groups is 3. The normalized spacial score (nSPS) is 13.7. The Morgan fingerprint density at radius 2 is 1.79 bits per heavy atom. The van der Waals surface area contributed by atoms with Crippen molar-refractivity contribution in [3.63, 3.8) is 0 Å². The molecule has 0 radical (unpaired) electrons. The molecule has 1 heterocycles. The molecule has 2 aromatic carbocycles. The van der Waals surface area contributed by atoms with Crippen molar-refractivity contribution in [1.29, 1.82) is 0 Å². The van der Waals surface area contributed by atoms with Crippen LogP contribution in [0.4, 0.5) is 5.69 Å². The lowest BCUT2D eigenvalue weighted by atomic mass is 10.1. The number of primary amides is 1. The third-order valence-electron chi connectivity index (χ3n) is 5.59. The lowest BCUT2D eigenvalue weighted by Crippen LogP contribution is -2.33. The molecule has 9 heteroatoms. The Balaban J connectivity index is 1.67. The molecule has 1 aliphatic rings. The fourth-order valence-electron chi connectivity index (χ4n) is 3.95. The van der Waals surface area contributed by atoms with Crippen molar-refractivity contribution in [1.82, 2.24) is 5.32 Å². The van der Waals surface area contributed by atoms with Crippen LogP contribution in [-0.2, 0) is 9.59 Å². The molecule has 0 bridgehead atoms. The number of hydrogen-bond acceptors (Lipinski definition) is 6. The molecule has 0 spiro atoms. The molecule has 34 heavy (non-hydrogen) atoms. The molecule has 1 fully saturated rings. The van der Waals surface area contributed by atoms with Crippen LogP contribution in [0.15, 0.2) is 56.6 Å². The Hall–Kier alpha value is -3.59. The second-order valence-electron chi connectivity index (χ2n) is 8.25. The predicted molar refractivity (Wildman–Crippen MR) is 132 cm³/mol. The molecule has 0 aliphatic heterocycles. The lowest BCUT2D eigenvalue weighted by molar-refractivity contribution is -0.117. The van der Waals surface area contributed by atoms with Gasteiger partial charge in [0.25, 0.3) is 5.91 Å². The van der Waals surface area contributed by atoms with E-state index in [1.807, 2.05) is 6.07 Å². The van der Waals surface area contributed by atoms with Gasteiger partial charge in [0.15, 0.2) is 5.43 Å². The van der Waals surface area contributed by atoms with Crippen LogP contribution >= 0.6 is 11.8 Å². The van der Waals surface area contributed by atoms with E-state index < -0.39 is 11.8 Å². The largest absolute Gasteiger partial charge is 0.456 e. The molecule has 1 aromatic heterocycles. The third kappa shape index (κ3) is 5.48. The molecule has 176 valence electrons. The van der Waals surface area contributed by atoms with E-state index in [0.717, 1.165) is 17.7 Å². The van der Waals surface area contributed by atoms with Crippen LogP contribution in [0.2, 0.25) is 0 Å². The summed E-state index contributed by atoms with van der Waals surface area (Å²) in [6.07, 6.45) is 4.62. The standard InChI is InChI=1S/C25H25N3O5S/c1-14(29)28-19-10-18-20(30)11-21(33-22(18)12-23(19)34-17-4-2-3-5-17)15-6-8-16(9-7-15)25(32)27-13-24(26)31/h6-12,17H,2-5,13H2,1H3,(H2,26,31)(H,27,32)(H,28,29). The van der Waals surface area contributed by atoms with E-state index >= 15 is 0 Å². The molecule has 1 aliphatic carbocycles. The SMILES string of the molecule is CC(=O)Nc1cc2c(=O)cc(-c3ccc(C(=O)NCC(N)=O)cc3)oc2cc1SC1CCCC1. The van der Waals surface area contributed by atoms with Gasteiger partial charge in [-0.2, -0.15) is 0 Å². The topological polar surface area (TPSA) is 132 Å². The smallest absolute Gasteiger partial charge is 0.251 e. The highest BCUT2D eigenvalue weighted by atomic mass is 32.2. The highest BCUT2D eigenvalue weighted by Gasteiger charge is 2.20. The van der Waals surface area contributed by atoms with Crippen LogP contribution in [-0.4, -0.2) is 29.5 Å². The van der Waals surface area contributed by atoms with Crippen LogP contribution in [0.5, 0.6) is 0 Å². The van der Waals surface area contributed by atoms with Gasteiger partial charge in [0.1, 0.15) is 11.3 Å². The number of thioether (sulfide) groups is 1. The summed E-state index contributed by atoms with van der Waals surface area (Å²) >= 11 is 1.70. The summed E-state index contributed by atoms with van der Waals surface area (Å²) in [5.41, 5.74) is 6.84. The van der Waals surface area contributed by atoms with Crippen molar-refractivity contribution in [2.45, 2.75) is 42.8 Å². The maximum atomic E-state index is 12.9. The highest BCUT2D eigenvalue weighted by Crippen LogP contribution is 2.40. The molecule has 8 nitrogen and oxygen atoms in total. The molecule has 4 N–H and O–H groups in total. The first-order valence-corrected chi connectivity index (χ1v) is 11.9. The predicted octanol–water partition coefficient (Wildman–Crippen LogP) is 3.67. The zero-order valence-corrected chi connectivity index (χ0v) is 19.5. The lowest BCUT2D eigenvalue weighted by Gasteiger charge is -2.15. The molecule has 4 rings (SSSR count). The second kappa shape index (κ2) is 10.1. The van der Waals surface area contributed by atoms with Crippen molar-refractivity contribution < 1.29 is 18.8 Å². The Labute approximate surface area is 200 Å². The fourth-order valence-corrected chi connectivity index (χ4v) is 5.29. The van der Waals surface area contributed by atoms with E-state index in [4.69, 9.17) is 10.2 Å². The molecule has 1 saturated carbocycles. The molecule has 0 unspecified atom stereocenters. The van der Waals surface area contributed by atoms with Crippen molar-refractivity contribution in [3.05, 3.63) is 58.3 Å². The minimum Gasteiger partial charge on any atom is -0.456 e. The van der Waals surface area contributed by atoms with Gasteiger partial charge in [-0.1, -0.05) is 25.0 Å². The summed E-state index contributed by atoms with van der Waals surface area (Å²) in [7, 11) is 0. The van der Waals surface area contributed by atoms with Gasteiger partial charge >= 0.3 is 0 Å². The summed E-state index contributed by atoms with van der Waals surface area (Å²) in [4.78, 5) is 48.5. The van der Waals surface area contributed by atoms with Crippen LogP contribution in [0.1, 0.15) is 43.0 Å². The first-order valence-electron chi connectivity index (χ1n) is 11.0. The van der Waals surface area contributed by atoms with Crippen molar-refractivity contribution in [2.75, 3.05) is 11.9 Å². The molecular formula is C25H25N3O5S. The Kier molecular flexibility index (Phi) is 7.02. The number of nitrogens with one attached hydrogen (secondary N) is 2. The Morgan fingerprint density at radius 1 is 1.09 bits per heavy atom. The number of amides is 3. The van der Waals surface area contributed by atoms with E-state index in [-0.39, 0.29) is 17.9 Å². The quantitative estimate of drug-likeness (QED) is 0.474. The second-order valence-corrected chi connectivity index (χ2v) is 9.59. The summed E-state index contributed by atoms with van der Waals surface area (Å²) in [5, 5.41) is 6.11. The Morgan fingerprint density at radius 3 is 2.44 bits per heavy atom. The summed E-state index contributed by atoms with van der Waals surface area (Å²) in [6, 6.07) is 11.4. The fraction of sp³-hybridized carbons (Fsp3) is 0.280. The van der Waals surface area contributed by atoms with Gasteiger partial charge < -0.3 is 20.8 Å². The summed E-state index contributed by atoms with van der Waals surface area (Å²) < 4.78 is 6.09. The van der Waals surface area contributed by atoms with Gasteiger partial charge in [0, 0.05) is 34.3 Å². The van der Waals surface area contributed by atoms with Crippen molar-refractivity contribution in [3.8, 4) is 11.3 Å². The number of rotatable bonds is 7. The van der Waals surface area contributed by atoms with Crippen LogP contribution in [0.25, 0.3) is 22.3 Å². The first-order chi connectivity index (χ1) is 16.3. The van der Waals surface area contributed by atoms with E-state index in [1.54, 1.807) is 42.1 Å². The van der Waals surface area contributed by atoms with Gasteiger partial charge in [-0.05, 0) is 37.1 Å². The monoisotopic (exact) mass is 479 g/mol. The van der Waals surface area contributed by atoms with E-state index in [9.17, 15) is 19.2 Å². The number of fused-ring (bicyclic) bond motifs is 1. The number of carbonyl (C=O) groups excluding carboxylic acids is 3. The summed E-state index contributed by atoms with van der Waals surface area (Å²) in [5.74, 6) is -0.890. The van der Waals surface area contributed by atoms with Gasteiger partial charge in [-0.3, -0.25) is 19.2 Å². The van der Waals surface area contributed by atoms with Crippen LogP contribution in [0.3, 0.4) is 0 Å². The van der Waals surface area contributed by atoms with E-state index in [2.05, 4.69) is 10.6 Å². The molecule has 3 aromatic rings. The van der Waals surface area contributed by atoms with Crippen molar-refractivity contribution >= 4 is 46.1 Å².